The van der Waals surface area contributed by atoms with Gasteiger partial charge >= 0.3 is 5.97 Å². The molecule has 0 spiro atoms. The van der Waals surface area contributed by atoms with Gasteiger partial charge in [-0.05, 0) is 23.1 Å². The number of esters is 1. The van der Waals surface area contributed by atoms with Crippen LogP contribution in [0.25, 0.3) is 5.57 Å². The van der Waals surface area contributed by atoms with Crippen molar-refractivity contribution in [3.05, 3.63) is 41.5 Å². The van der Waals surface area contributed by atoms with Crippen LogP contribution in [0.1, 0.15) is 32.8 Å². The molecule has 0 heterocycles. The summed E-state index contributed by atoms with van der Waals surface area (Å²) in [4.78, 5) is 11.8. The van der Waals surface area contributed by atoms with Crippen molar-refractivity contribution in [3.63, 3.8) is 0 Å². The van der Waals surface area contributed by atoms with Crippen LogP contribution < -0.4 is 0 Å². The molecule has 0 bridgehead atoms. The summed E-state index contributed by atoms with van der Waals surface area (Å²) in [6.07, 6.45) is 0.941. The lowest BCUT2D eigenvalue weighted by Crippen LogP contribution is -2.07. The van der Waals surface area contributed by atoms with Crippen molar-refractivity contribution >= 4 is 11.5 Å². The van der Waals surface area contributed by atoms with Gasteiger partial charge < -0.3 is 4.74 Å². The zero-order chi connectivity index (χ0) is 13.3. The van der Waals surface area contributed by atoms with Crippen molar-refractivity contribution in [2.45, 2.75) is 27.2 Å². The molecular formula is C16H20O2. The van der Waals surface area contributed by atoms with Gasteiger partial charge in [0.05, 0.1) is 13.0 Å². The van der Waals surface area contributed by atoms with Gasteiger partial charge in [-0.2, -0.15) is 0 Å². The Bertz CT molecular complexity index is 483. The molecule has 1 saturated carbocycles. The number of rotatable bonds is 3. The van der Waals surface area contributed by atoms with E-state index in [1.54, 1.807) is 0 Å². The van der Waals surface area contributed by atoms with Gasteiger partial charge in [0.15, 0.2) is 0 Å². The van der Waals surface area contributed by atoms with E-state index in [-0.39, 0.29) is 17.3 Å². The Morgan fingerprint density at radius 3 is 2.39 bits per heavy atom. The van der Waals surface area contributed by atoms with Crippen LogP contribution in [-0.4, -0.2) is 13.1 Å². The molecule has 1 aromatic carbocycles. The van der Waals surface area contributed by atoms with Crippen molar-refractivity contribution in [2.75, 3.05) is 7.11 Å². The number of allylic oxidation sites excluding steroid dienone is 1. The molecule has 0 saturated heterocycles. The minimum absolute atomic E-state index is 0.0612. The Balaban J connectivity index is 2.44. The van der Waals surface area contributed by atoms with Crippen molar-refractivity contribution in [2.24, 2.45) is 11.3 Å². The average molecular weight is 244 g/mol. The molecule has 2 rings (SSSR count). The van der Waals surface area contributed by atoms with Gasteiger partial charge in [0, 0.05) is 5.41 Å². The quantitative estimate of drug-likeness (QED) is 0.758. The fraction of sp³-hybridized carbons (Fsp3) is 0.438. The fourth-order valence-electron chi connectivity index (χ4n) is 2.83. The summed E-state index contributed by atoms with van der Waals surface area (Å²) in [5.74, 6) is -0.186. The lowest BCUT2D eigenvalue weighted by molar-refractivity contribution is -0.142. The third kappa shape index (κ3) is 1.96. The Kier molecular flexibility index (Phi) is 3.29. The summed E-state index contributed by atoms with van der Waals surface area (Å²) in [5.41, 5.74) is 3.68. The SMILES string of the molecule is CC/C(=C1/C(C(=O)OC)C1(C)C)c1ccccc1. The summed E-state index contributed by atoms with van der Waals surface area (Å²) in [5, 5.41) is 0. The Morgan fingerprint density at radius 1 is 1.28 bits per heavy atom. The summed E-state index contributed by atoms with van der Waals surface area (Å²) in [6, 6.07) is 10.3. The average Bonchev–Trinajstić information content (AvgIpc) is 2.94. The molecular weight excluding hydrogens is 224 g/mol. The highest BCUT2D eigenvalue weighted by atomic mass is 16.5. The molecule has 2 nitrogen and oxygen atoms in total. The van der Waals surface area contributed by atoms with Crippen LogP contribution >= 0.6 is 0 Å². The van der Waals surface area contributed by atoms with Crippen LogP contribution in [0, 0.1) is 11.3 Å². The van der Waals surface area contributed by atoms with Crippen molar-refractivity contribution in [3.8, 4) is 0 Å². The maximum absolute atomic E-state index is 11.8. The lowest BCUT2D eigenvalue weighted by Gasteiger charge is -2.05. The maximum Gasteiger partial charge on any atom is 0.313 e. The zero-order valence-corrected chi connectivity index (χ0v) is 11.5. The van der Waals surface area contributed by atoms with Crippen molar-refractivity contribution in [1.29, 1.82) is 0 Å². The number of hydrogen-bond donors (Lipinski definition) is 0. The van der Waals surface area contributed by atoms with E-state index in [0.717, 1.165) is 6.42 Å². The van der Waals surface area contributed by atoms with E-state index in [4.69, 9.17) is 4.74 Å². The van der Waals surface area contributed by atoms with Gasteiger partial charge in [-0.15, -0.1) is 0 Å². The maximum atomic E-state index is 11.8. The van der Waals surface area contributed by atoms with Crippen LogP contribution in [0.15, 0.2) is 35.9 Å². The number of methoxy groups -OCH3 is 1. The standard InChI is InChI=1S/C16H20O2/c1-5-12(11-9-7-6-8-10-11)13-14(15(17)18-4)16(13,2)3/h6-10,14H,5H2,1-4H3/b13-12+. The van der Waals surface area contributed by atoms with E-state index in [2.05, 4.69) is 32.9 Å². The highest BCUT2D eigenvalue weighted by Crippen LogP contribution is 2.61. The van der Waals surface area contributed by atoms with E-state index in [9.17, 15) is 4.79 Å². The fourth-order valence-corrected chi connectivity index (χ4v) is 2.83. The predicted octanol–water partition coefficient (Wildman–Crippen LogP) is 3.68. The van der Waals surface area contributed by atoms with E-state index in [0.29, 0.717) is 0 Å². The molecule has 1 atom stereocenters. The summed E-state index contributed by atoms with van der Waals surface area (Å²) < 4.78 is 4.90. The molecule has 0 amide bonds. The van der Waals surface area contributed by atoms with E-state index >= 15 is 0 Å². The molecule has 0 aromatic heterocycles. The number of carbonyl (C=O) groups is 1. The van der Waals surface area contributed by atoms with Crippen molar-refractivity contribution in [1.82, 2.24) is 0 Å². The smallest absolute Gasteiger partial charge is 0.313 e. The molecule has 2 heteroatoms. The topological polar surface area (TPSA) is 26.3 Å². The van der Waals surface area contributed by atoms with Gasteiger partial charge in [0.2, 0.25) is 0 Å². The first kappa shape index (κ1) is 12.9. The van der Waals surface area contributed by atoms with E-state index in [1.807, 2.05) is 18.2 Å². The highest BCUT2D eigenvalue weighted by Gasteiger charge is 2.58. The summed E-state index contributed by atoms with van der Waals surface area (Å²) in [6.45, 7) is 6.36. The Hall–Kier alpha value is -1.57. The molecule has 1 aromatic rings. The zero-order valence-electron chi connectivity index (χ0n) is 11.5. The van der Waals surface area contributed by atoms with E-state index < -0.39 is 0 Å². The van der Waals surface area contributed by atoms with Crippen LogP contribution in [0.2, 0.25) is 0 Å². The molecule has 0 N–H and O–H groups in total. The molecule has 1 unspecified atom stereocenters. The molecule has 0 radical (unpaired) electrons. The van der Waals surface area contributed by atoms with Crippen LogP contribution in [0.5, 0.6) is 0 Å². The third-order valence-electron chi connectivity index (χ3n) is 3.86. The molecule has 96 valence electrons. The minimum Gasteiger partial charge on any atom is -0.469 e. The molecule has 0 aliphatic heterocycles. The predicted molar refractivity (Wildman–Crippen MR) is 72.9 cm³/mol. The Labute approximate surface area is 109 Å². The largest absolute Gasteiger partial charge is 0.469 e. The van der Waals surface area contributed by atoms with Crippen molar-refractivity contribution < 1.29 is 9.53 Å². The Morgan fingerprint density at radius 2 is 1.89 bits per heavy atom. The molecule has 1 aliphatic carbocycles. The third-order valence-corrected chi connectivity index (χ3v) is 3.86. The first-order valence-corrected chi connectivity index (χ1v) is 6.40. The second kappa shape index (κ2) is 4.60. The van der Waals surface area contributed by atoms with Gasteiger partial charge in [-0.3, -0.25) is 4.79 Å². The lowest BCUT2D eigenvalue weighted by atomic mass is 10.00. The molecule has 1 fully saturated rings. The van der Waals surface area contributed by atoms with Gasteiger partial charge in [0.25, 0.3) is 0 Å². The minimum atomic E-state index is -0.114. The summed E-state index contributed by atoms with van der Waals surface area (Å²) in [7, 11) is 1.46. The monoisotopic (exact) mass is 244 g/mol. The highest BCUT2D eigenvalue weighted by molar-refractivity contribution is 5.90. The first-order chi connectivity index (χ1) is 8.54. The van der Waals surface area contributed by atoms with Crippen LogP contribution in [0.4, 0.5) is 0 Å². The number of benzene rings is 1. The summed E-state index contributed by atoms with van der Waals surface area (Å²) >= 11 is 0. The van der Waals surface area contributed by atoms with Crippen LogP contribution in [0.3, 0.4) is 0 Å². The molecule has 18 heavy (non-hydrogen) atoms. The van der Waals surface area contributed by atoms with Gasteiger partial charge in [0.1, 0.15) is 0 Å². The number of carbonyl (C=O) groups excluding carboxylic acids is 1. The normalized spacial score (nSPS) is 23.4. The second-order valence-corrected chi connectivity index (χ2v) is 5.29. The number of ether oxygens (including phenoxy) is 1. The van der Waals surface area contributed by atoms with Crippen LogP contribution in [-0.2, 0) is 9.53 Å². The van der Waals surface area contributed by atoms with Gasteiger partial charge in [-0.25, -0.2) is 0 Å². The van der Waals surface area contributed by atoms with Gasteiger partial charge in [-0.1, -0.05) is 51.1 Å². The number of hydrogen-bond acceptors (Lipinski definition) is 2. The molecule has 1 aliphatic rings. The second-order valence-electron chi connectivity index (χ2n) is 5.29. The van der Waals surface area contributed by atoms with E-state index in [1.165, 1.54) is 23.8 Å². The first-order valence-electron chi connectivity index (χ1n) is 6.40.